The third-order valence-corrected chi connectivity index (χ3v) is 6.99. The monoisotopic (exact) mass is 496 g/mol. The van der Waals surface area contributed by atoms with Crippen molar-refractivity contribution in [3.05, 3.63) is 84.2 Å². The zero-order chi connectivity index (χ0) is 25.4. The van der Waals surface area contributed by atoms with Crippen molar-refractivity contribution in [3.8, 4) is 11.5 Å². The number of carbonyl (C=O) groups is 2. The smallest absolute Gasteiger partial charge is 0.242 e. The molecule has 8 nitrogen and oxygen atoms in total. The number of para-hydroxylation sites is 2. The Kier molecular flexibility index (Phi) is 6.00. The molecule has 2 amide bonds. The molecular formula is C29H28N4O4. The largest absolute Gasteiger partial charge is 0.486 e. The molecule has 1 fully saturated rings. The number of aromatic nitrogens is 2. The fourth-order valence-electron chi connectivity index (χ4n) is 5.10. The highest BCUT2D eigenvalue weighted by Crippen LogP contribution is 2.38. The van der Waals surface area contributed by atoms with Gasteiger partial charge in [-0.15, -0.1) is 0 Å². The van der Waals surface area contributed by atoms with Crippen LogP contribution in [0.4, 0.5) is 5.69 Å². The molecule has 0 aliphatic carbocycles. The summed E-state index contributed by atoms with van der Waals surface area (Å²) in [4.78, 5) is 34.8. The van der Waals surface area contributed by atoms with E-state index in [2.05, 4.69) is 0 Å². The third-order valence-electron chi connectivity index (χ3n) is 6.99. The number of hydrogen-bond donors (Lipinski definition) is 0. The number of ether oxygens (including phenoxy) is 2. The third kappa shape index (κ3) is 4.50. The molecule has 1 aromatic heterocycles. The van der Waals surface area contributed by atoms with E-state index in [1.807, 2.05) is 84.4 Å². The van der Waals surface area contributed by atoms with Gasteiger partial charge in [0.05, 0.1) is 11.0 Å². The summed E-state index contributed by atoms with van der Waals surface area (Å²) in [5.41, 5.74) is 3.56. The minimum absolute atomic E-state index is 0.0127. The van der Waals surface area contributed by atoms with Crippen molar-refractivity contribution in [1.29, 1.82) is 0 Å². The van der Waals surface area contributed by atoms with Crippen LogP contribution in [0.5, 0.6) is 11.5 Å². The molecule has 8 heteroatoms. The maximum Gasteiger partial charge on any atom is 0.242 e. The van der Waals surface area contributed by atoms with Crippen LogP contribution in [0.1, 0.15) is 23.7 Å². The molecular weight excluding hydrogens is 468 g/mol. The van der Waals surface area contributed by atoms with E-state index in [1.165, 1.54) is 0 Å². The number of amides is 2. The van der Waals surface area contributed by atoms with E-state index >= 15 is 0 Å². The molecule has 188 valence electrons. The van der Waals surface area contributed by atoms with Gasteiger partial charge in [-0.3, -0.25) is 9.59 Å². The SMILES string of the molecule is CN(Cc1ccccc1)C(=O)Cn1c(C2CC(=O)N(c3ccc4c(c3)OCCO4)C2)nc2ccccc21. The number of rotatable bonds is 6. The van der Waals surface area contributed by atoms with Crippen LogP contribution in [0.3, 0.4) is 0 Å². The first-order valence-electron chi connectivity index (χ1n) is 12.5. The predicted octanol–water partition coefficient (Wildman–Crippen LogP) is 3.99. The van der Waals surface area contributed by atoms with E-state index in [0.717, 1.165) is 28.1 Å². The predicted molar refractivity (Wildman–Crippen MR) is 140 cm³/mol. The van der Waals surface area contributed by atoms with E-state index in [4.69, 9.17) is 14.5 Å². The molecule has 0 radical (unpaired) electrons. The second kappa shape index (κ2) is 9.61. The lowest BCUT2D eigenvalue weighted by Gasteiger charge is -2.22. The molecule has 37 heavy (non-hydrogen) atoms. The molecule has 3 aromatic carbocycles. The normalized spacial score (nSPS) is 16.8. The number of carbonyl (C=O) groups excluding carboxylic acids is 2. The zero-order valence-electron chi connectivity index (χ0n) is 20.7. The molecule has 2 aliphatic rings. The summed E-state index contributed by atoms with van der Waals surface area (Å²) in [6, 6.07) is 23.3. The Labute approximate surface area is 215 Å². The Morgan fingerprint density at radius 1 is 1.00 bits per heavy atom. The number of fused-ring (bicyclic) bond motifs is 2. The van der Waals surface area contributed by atoms with Gasteiger partial charge in [0.1, 0.15) is 25.6 Å². The van der Waals surface area contributed by atoms with Crippen LogP contribution in [0.15, 0.2) is 72.8 Å². The number of nitrogens with zero attached hydrogens (tertiary/aromatic N) is 4. The van der Waals surface area contributed by atoms with Gasteiger partial charge in [-0.05, 0) is 29.8 Å². The van der Waals surface area contributed by atoms with Crippen LogP contribution in [0.2, 0.25) is 0 Å². The number of likely N-dealkylation sites (N-methyl/N-ethyl adjacent to an activating group) is 1. The lowest BCUT2D eigenvalue weighted by atomic mass is 10.1. The maximum absolute atomic E-state index is 13.3. The van der Waals surface area contributed by atoms with E-state index in [0.29, 0.717) is 44.2 Å². The second-order valence-electron chi connectivity index (χ2n) is 9.51. The lowest BCUT2D eigenvalue weighted by molar-refractivity contribution is -0.131. The molecule has 4 aromatic rings. The Balaban J connectivity index is 1.26. The van der Waals surface area contributed by atoms with E-state index in [1.54, 1.807) is 9.80 Å². The quantitative estimate of drug-likeness (QED) is 0.404. The first-order chi connectivity index (χ1) is 18.1. The minimum atomic E-state index is -0.139. The summed E-state index contributed by atoms with van der Waals surface area (Å²) in [6.07, 6.45) is 0.325. The van der Waals surface area contributed by atoms with Crippen LogP contribution in [-0.4, -0.2) is 53.1 Å². The zero-order valence-corrected chi connectivity index (χ0v) is 20.7. The van der Waals surface area contributed by atoms with Gasteiger partial charge in [0.25, 0.3) is 0 Å². The Hall–Kier alpha value is -4.33. The number of hydrogen-bond acceptors (Lipinski definition) is 5. The van der Waals surface area contributed by atoms with Gasteiger partial charge in [-0.1, -0.05) is 42.5 Å². The highest BCUT2D eigenvalue weighted by atomic mass is 16.6. The summed E-state index contributed by atoms with van der Waals surface area (Å²) < 4.78 is 13.3. The first-order valence-corrected chi connectivity index (χ1v) is 12.5. The van der Waals surface area contributed by atoms with Crippen molar-refractivity contribution in [2.75, 3.05) is 31.7 Å². The van der Waals surface area contributed by atoms with Crippen molar-refractivity contribution in [2.24, 2.45) is 0 Å². The van der Waals surface area contributed by atoms with Crippen LogP contribution in [0.25, 0.3) is 11.0 Å². The summed E-state index contributed by atoms with van der Waals surface area (Å²) in [5.74, 6) is 1.97. The number of benzene rings is 3. The van der Waals surface area contributed by atoms with Crippen molar-refractivity contribution in [3.63, 3.8) is 0 Å². The highest BCUT2D eigenvalue weighted by Gasteiger charge is 2.35. The van der Waals surface area contributed by atoms with Gasteiger partial charge < -0.3 is 23.8 Å². The lowest BCUT2D eigenvalue weighted by Crippen LogP contribution is -2.30. The van der Waals surface area contributed by atoms with Gasteiger partial charge in [0.15, 0.2) is 11.5 Å². The summed E-state index contributed by atoms with van der Waals surface area (Å²) in [6.45, 7) is 2.18. The van der Waals surface area contributed by atoms with Gasteiger partial charge in [0, 0.05) is 44.2 Å². The van der Waals surface area contributed by atoms with Crippen LogP contribution < -0.4 is 14.4 Å². The van der Waals surface area contributed by atoms with Crippen LogP contribution >= 0.6 is 0 Å². The van der Waals surface area contributed by atoms with Crippen LogP contribution in [0, 0.1) is 0 Å². The molecule has 1 unspecified atom stereocenters. The molecule has 0 bridgehead atoms. The Morgan fingerprint density at radius 3 is 2.59 bits per heavy atom. The average molecular weight is 497 g/mol. The van der Waals surface area contributed by atoms with E-state index < -0.39 is 0 Å². The molecule has 0 saturated carbocycles. The molecule has 6 rings (SSSR count). The summed E-state index contributed by atoms with van der Waals surface area (Å²) in [5, 5.41) is 0. The minimum Gasteiger partial charge on any atom is -0.486 e. The number of anilines is 1. The molecule has 3 heterocycles. The van der Waals surface area contributed by atoms with Crippen molar-refractivity contribution in [1.82, 2.24) is 14.5 Å². The van der Waals surface area contributed by atoms with Gasteiger partial charge in [0.2, 0.25) is 11.8 Å². The first kappa shape index (κ1) is 23.1. The van der Waals surface area contributed by atoms with E-state index in [-0.39, 0.29) is 24.3 Å². The molecule has 2 aliphatic heterocycles. The highest BCUT2D eigenvalue weighted by molar-refractivity contribution is 5.97. The molecule has 0 spiro atoms. The molecule has 0 N–H and O–H groups in total. The maximum atomic E-state index is 13.3. The fraction of sp³-hybridized carbons (Fsp3) is 0.276. The summed E-state index contributed by atoms with van der Waals surface area (Å²) >= 11 is 0. The van der Waals surface area contributed by atoms with Gasteiger partial charge in [-0.25, -0.2) is 4.98 Å². The van der Waals surface area contributed by atoms with Gasteiger partial charge >= 0.3 is 0 Å². The van der Waals surface area contributed by atoms with Crippen molar-refractivity contribution in [2.45, 2.75) is 25.4 Å². The van der Waals surface area contributed by atoms with Crippen molar-refractivity contribution >= 4 is 28.5 Å². The summed E-state index contributed by atoms with van der Waals surface area (Å²) in [7, 11) is 1.82. The average Bonchev–Trinajstić information content (AvgIpc) is 3.49. The molecule has 1 saturated heterocycles. The standard InChI is InChI=1S/C29H28N4O4/c1-31(17-20-7-3-2-4-8-20)28(35)19-33-24-10-6-5-9-23(24)30-29(33)21-15-27(34)32(18-21)22-11-12-25-26(16-22)37-14-13-36-25/h2-12,16,21H,13-15,17-19H2,1H3. The number of imidazole rings is 1. The van der Waals surface area contributed by atoms with Crippen LogP contribution in [-0.2, 0) is 22.7 Å². The second-order valence-corrected chi connectivity index (χ2v) is 9.51. The van der Waals surface area contributed by atoms with E-state index in [9.17, 15) is 9.59 Å². The Morgan fingerprint density at radius 2 is 1.76 bits per heavy atom. The topological polar surface area (TPSA) is 76.9 Å². The fourth-order valence-corrected chi connectivity index (χ4v) is 5.10. The van der Waals surface area contributed by atoms with Gasteiger partial charge in [-0.2, -0.15) is 0 Å². The van der Waals surface area contributed by atoms with Crippen molar-refractivity contribution < 1.29 is 19.1 Å². The molecule has 1 atom stereocenters. The Bertz CT molecular complexity index is 1470.